The average molecular weight is 288 g/mol. The molecule has 2 atom stereocenters. The van der Waals surface area contributed by atoms with Crippen molar-refractivity contribution in [3.63, 3.8) is 0 Å². The Hall–Kier alpha value is -1.78. The van der Waals surface area contributed by atoms with Gasteiger partial charge in [-0.15, -0.1) is 0 Å². The summed E-state index contributed by atoms with van der Waals surface area (Å²) in [6, 6.07) is 3.03. The van der Waals surface area contributed by atoms with Gasteiger partial charge in [0.25, 0.3) is 0 Å². The van der Waals surface area contributed by atoms with Gasteiger partial charge in [0.15, 0.2) is 5.84 Å². The van der Waals surface area contributed by atoms with Gasteiger partial charge in [-0.25, -0.2) is 4.98 Å². The third-order valence-corrected chi connectivity index (χ3v) is 4.92. The Morgan fingerprint density at radius 1 is 1.48 bits per heavy atom. The Bertz CT molecular complexity index is 570. The van der Waals surface area contributed by atoms with Gasteiger partial charge < -0.3 is 15.8 Å². The van der Waals surface area contributed by atoms with Crippen LogP contribution in [-0.4, -0.2) is 28.1 Å². The number of nitrogens with two attached hydrogens (primary N) is 1. The van der Waals surface area contributed by atoms with Gasteiger partial charge in [0.1, 0.15) is 5.82 Å². The van der Waals surface area contributed by atoms with Gasteiger partial charge in [-0.05, 0) is 57.1 Å². The fourth-order valence-corrected chi connectivity index (χ4v) is 3.75. The van der Waals surface area contributed by atoms with Crippen LogP contribution >= 0.6 is 0 Å². The topological polar surface area (TPSA) is 74.7 Å². The molecular weight excluding hydrogens is 264 g/mol. The second kappa shape index (κ2) is 5.54. The van der Waals surface area contributed by atoms with Gasteiger partial charge in [0.05, 0.1) is 5.56 Å². The first-order chi connectivity index (χ1) is 10.2. The molecule has 0 aromatic carbocycles. The highest BCUT2D eigenvalue weighted by molar-refractivity contribution is 6.01. The van der Waals surface area contributed by atoms with Gasteiger partial charge in [0.2, 0.25) is 0 Å². The highest BCUT2D eigenvalue weighted by Crippen LogP contribution is 2.35. The molecule has 0 bridgehead atoms. The molecule has 0 radical (unpaired) electrons. The Morgan fingerprint density at radius 2 is 2.29 bits per heavy atom. The maximum Gasteiger partial charge on any atom is 0.173 e. The largest absolute Gasteiger partial charge is 0.409 e. The quantitative estimate of drug-likeness (QED) is 0.388. The van der Waals surface area contributed by atoms with E-state index < -0.39 is 0 Å². The lowest BCUT2D eigenvalue weighted by atomic mass is 10.1. The number of oxime groups is 1. The second-order valence-electron chi connectivity index (χ2n) is 6.20. The molecule has 2 heterocycles. The maximum absolute atomic E-state index is 9.11. The fourth-order valence-electron chi connectivity index (χ4n) is 3.75. The summed E-state index contributed by atoms with van der Waals surface area (Å²) in [4.78, 5) is 7.29. The van der Waals surface area contributed by atoms with E-state index in [9.17, 15) is 0 Å². The van der Waals surface area contributed by atoms with Crippen LogP contribution in [0.5, 0.6) is 0 Å². The third kappa shape index (κ3) is 2.34. The molecule has 0 amide bonds. The van der Waals surface area contributed by atoms with Crippen LogP contribution in [0, 0.1) is 0 Å². The Labute approximate surface area is 125 Å². The highest BCUT2D eigenvalue weighted by Gasteiger charge is 2.33. The summed E-state index contributed by atoms with van der Waals surface area (Å²) in [7, 11) is 0. The Balaban J connectivity index is 2.11. The van der Waals surface area contributed by atoms with Crippen LogP contribution < -0.4 is 10.6 Å². The van der Waals surface area contributed by atoms with Crippen molar-refractivity contribution < 1.29 is 5.21 Å². The van der Waals surface area contributed by atoms with Crippen LogP contribution in [0.1, 0.15) is 56.4 Å². The van der Waals surface area contributed by atoms with Gasteiger partial charge in [-0.3, -0.25) is 0 Å². The van der Waals surface area contributed by atoms with Crippen LogP contribution in [0.25, 0.3) is 0 Å². The van der Waals surface area contributed by atoms with Crippen molar-refractivity contribution in [2.24, 2.45) is 10.9 Å². The number of nitrogens with zero attached hydrogens (tertiary/aromatic N) is 3. The predicted octanol–water partition coefficient (Wildman–Crippen LogP) is 2.43. The number of aryl methyl sites for hydroxylation is 2. The SMILES string of the molecule is CCC1CCC(C)N1c1nc2c(cc1C(N)=NO)CCC2. The van der Waals surface area contributed by atoms with Crippen molar-refractivity contribution in [3.05, 3.63) is 22.9 Å². The number of pyridine rings is 1. The van der Waals surface area contributed by atoms with Crippen molar-refractivity contribution in [2.75, 3.05) is 4.90 Å². The predicted molar refractivity (Wildman–Crippen MR) is 84.0 cm³/mol. The lowest BCUT2D eigenvalue weighted by Gasteiger charge is -2.31. The third-order valence-electron chi connectivity index (χ3n) is 4.92. The zero-order chi connectivity index (χ0) is 15.0. The standard InChI is InChI=1S/C16H24N4O/c1-3-12-8-7-10(2)20(12)16-13(15(17)19-21)9-11-5-4-6-14(11)18-16/h9-10,12,21H,3-8H2,1-2H3,(H2,17,19). The number of rotatable bonds is 3. The molecule has 1 fully saturated rings. The van der Waals surface area contributed by atoms with Gasteiger partial charge in [0, 0.05) is 17.8 Å². The average Bonchev–Trinajstić information content (AvgIpc) is 3.10. The number of hydrogen-bond acceptors (Lipinski definition) is 4. The van der Waals surface area contributed by atoms with Crippen LogP contribution in [0.15, 0.2) is 11.2 Å². The van der Waals surface area contributed by atoms with Crippen LogP contribution in [0.4, 0.5) is 5.82 Å². The van der Waals surface area contributed by atoms with Crippen LogP contribution in [0.2, 0.25) is 0 Å². The summed E-state index contributed by atoms with van der Waals surface area (Å²) in [6.07, 6.45) is 6.69. The number of anilines is 1. The molecule has 1 aliphatic carbocycles. The molecule has 1 saturated heterocycles. The lowest BCUT2D eigenvalue weighted by molar-refractivity contribution is 0.318. The summed E-state index contributed by atoms with van der Waals surface area (Å²) in [5.74, 6) is 1.07. The summed E-state index contributed by atoms with van der Waals surface area (Å²) in [6.45, 7) is 4.45. The molecule has 1 aromatic heterocycles. The van der Waals surface area contributed by atoms with Crippen molar-refractivity contribution in [1.29, 1.82) is 0 Å². The summed E-state index contributed by atoms with van der Waals surface area (Å²) >= 11 is 0. The lowest BCUT2D eigenvalue weighted by Crippen LogP contribution is -2.37. The molecule has 0 saturated carbocycles. The molecule has 5 heteroatoms. The van der Waals surface area contributed by atoms with E-state index in [1.54, 1.807) is 0 Å². The van der Waals surface area contributed by atoms with Crippen LogP contribution in [0.3, 0.4) is 0 Å². The zero-order valence-corrected chi connectivity index (χ0v) is 12.8. The van der Waals surface area contributed by atoms with Crippen molar-refractivity contribution in [3.8, 4) is 0 Å². The van der Waals surface area contributed by atoms with E-state index in [0.717, 1.165) is 37.1 Å². The van der Waals surface area contributed by atoms with Crippen molar-refractivity contribution >= 4 is 11.7 Å². The molecule has 21 heavy (non-hydrogen) atoms. The fraction of sp³-hybridized carbons (Fsp3) is 0.625. The Kier molecular flexibility index (Phi) is 3.74. The molecule has 1 aliphatic heterocycles. The molecule has 2 unspecified atom stereocenters. The summed E-state index contributed by atoms with van der Waals surface area (Å²) in [5, 5.41) is 12.3. The van der Waals surface area contributed by atoms with E-state index in [2.05, 4.69) is 30.0 Å². The summed E-state index contributed by atoms with van der Waals surface area (Å²) < 4.78 is 0. The van der Waals surface area contributed by atoms with E-state index in [4.69, 9.17) is 15.9 Å². The van der Waals surface area contributed by atoms with E-state index in [-0.39, 0.29) is 5.84 Å². The normalized spacial score (nSPS) is 25.4. The van der Waals surface area contributed by atoms with Crippen molar-refractivity contribution in [2.45, 2.75) is 64.5 Å². The molecule has 0 spiro atoms. The summed E-state index contributed by atoms with van der Waals surface area (Å²) in [5.41, 5.74) is 9.14. The highest BCUT2D eigenvalue weighted by atomic mass is 16.4. The molecular formula is C16H24N4O. The van der Waals surface area contributed by atoms with Crippen LogP contribution in [-0.2, 0) is 12.8 Å². The molecule has 2 aliphatic rings. The van der Waals surface area contributed by atoms with Gasteiger partial charge in [-0.2, -0.15) is 0 Å². The molecule has 114 valence electrons. The van der Waals surface area contributed by atoms with E-state index in [0.29, 0.717) is 12.1 Å². The van der Waals surface area contributed by atoms with Crippen molar-refractivity contribution in [1.82, 2.24) is 4.98 Å². The number of aromatic nitrogens is 1. The van der Waals surface area contributed by atoms with E-state index >= 15 is 0 Å². The molecule has 1 aromatic rings. The number of hydrogen-bond donors (Lipinski definition) is 2. The second-order valence-corrected chi connectivity index (χ2v) is 6.20. The van der Waals surface area contributed by atoms with E-state index in [1.807, 2.05) is 0 Å². The minimum Gasteiger partial charge on any atom is -0.409 e. The first-order valence-electron chi connectivity index (χ1n) is 7.94. The monoisotopic (exact) mass is 288 g/mol. The van der Waals surface area contributed by atoms with Gasteiger partial charge >= 0.3 is 0 Å². The number of amidine groups is 1. The van der Waals surface area contributed by atoms with Gasteiger partial charge in [-0.1, -0.05) is 12.1 Å². The number of fused-ring (bicyclic) bond motifs is 1. The molecule has 5 nitrogen and oxygen atoms in total. The zero-order valence-electron chi connectivity index (χ0n) is 12.8. The Morgan fingerprint density at radius 3 is 3.00 bits per heavy atom. The molecule has 3 N–H and O–H groups in total. The molecule has 3 rings (SSSR count). The first-order valence-corrected chi connectivity index (χ1v) is 7.94. The maximum atomic E-state index is 9.11. The van der Waals surface area contributed by atoms with E-state index in [1.165, 1.54) is 24.1 Å². The first kappa shape index (κ1) is 14.2. The minimum atomic E-state index is 0.168. The minimum absolute atomic E-state index is 0.168. The smallest absolute Gasteiger partial charge is 0.173 e.